The summed E-state index contributed by atoms with van der Waals surface area (Å²) in [5.41, 5.74) is 3.75. The van der Waals surface area contributed by atoms with Gasteiger partial charge in [0.15, 0.2) is 0 Å². The Morgan fingerprint density at radius 2 is 1.63 bits per heavy atom. The number of benzene rings is 2. The van der Waals surface area contributed by atoms with Crippen LogP contribution in [0.2, 0.25) is 0 Å². The molecule has 0 aliphatic heterocycles. The minimum Gasteiger partial charge on any atom is -0.361 e. The summed E-state index contributed by atoms with van der Waals surface area (Å²) in [4.78, 5) is 3.33. The van der Waals surface area contributed by atoms with Crippen molar-refractivity contribution in [3.05, 3.63) is 67.1 Å². The number of H-pyrrole nitrogens is 1. The van der Waals surface area contributed by atoms with E-state index in [2.05, 4.69) is 95.4 Å². The van der Waals surface area contributed by atoms with Crippen LogP contribution in [0.1, 0.15) is 11.1 Å². The molecule has 0 radical (unpaired) electrons. The summed E-state index contributed by atoms with van der Waals surface area (Å²) in [6.45, 7) is 0. The first-order valence-electron chi connectivity index (χ1n) is 5.83. The van der Waals surface area contributed by atoms with Crippen LogP contribution in [0.25, 0.3) is 10.9 Å². The Morgan fingerprint density at radius 3 is 2.37 bits per heavy atom. The maximum Gasteiger partial charge on any atom is 0.0479 e. The third-order valence-electron chi connectivity index (χ3n) is 3.09. The van der Waals surface area contributed by atoms with Crippen molar-refractivity contribution in [1.82, 2.24) is 4.98 Å². The van der Waals surface area contributed by atoms with E-state index in [1.165, 1.54) is 16.5 Å². The summed E-state index contributed by atoms with van der Waals surface area (Å²) in [6.07, 6.45) is 3.01. The van der Waals surface area contributed by atoms with E-state index >= 15 is 0 Å². The lowest BCUT2D eigenvalue weighted by Crippen LogP contribution is -1.86. The normalized spacial score (nSPS) is 11.1. The predicted octanol–water partition coefficient (Wildman–Crippen LogP) is 6.05. The van der Waals surface area contributed by atoms with Crippen LogP contribution in [0.5, 0.6) is 0 Å². The van der Waals surface area contributed by atoms with Gasteiger partial charge in [-0.25, -0.2) is 0 Å². The van der Waals surface area contributed by atoms with Crippen LogP contribution in [0.15, 0.2) is 56.0 Å². The summed E-state index contributed by atoms with van der Waals surface area (Å²) in [5.74, 6) is 0. The number of halogens is 3. The van der Waals surface area contributed by atoms with Gasteiger partial charge in [-0.15, -0.1) is 0 Å². The highest BCUT2D eigenvalue weighted by Crippen LogP contribution is 2.32. The van der Waals surface area contributed by atoms with Crippen molar-refractivity contribution in [2.75, 3.05) is 0 Å². The van der Waals surface area contributed by atoms with Crippen molar-refractivity contribution in [3.63, 3.8) is 0 Å². The number of nitrogens with one attached hydrogen (secondary N) is 1. The molecule has 1 heterocycles. The Kier molecular flexibility index (Phi) is 3.83. The molecular weight excluding hydrogens is 434 g/mol. The highest BCUT2D eigenvalue weighted by molar-refractivity contribution is 9.11. The fourth-order valence-corrected chi connectivity index (χ4v) is 3.96. The summed E-state index contributed by atoms with van der Waals surface area (Å²) in [7, 11) is 0. The Bertz CT molecular complexity index is 729. The lowest BCUT2D eigenvalue weighted by atomic mass is 10.0. The number of aromatic amines is 1. The fourth-order valence-electron chi connectivity index (χ4n) is 2.21. The molecular formula is C15H10Br3N. The molecule has 0 aliphatic carbocycles. The maximum atomic E-state index is 3.65. The molecule has 0 aliphatic rings. The number of rotatable bonds is 2. The molecule has 0 saturated carbocycles. The molecule has 0 unspecified atom stereocenters. The third kappa shape index (κ3) is 2.81. The second-order valence-corrected chi connectivity index (χ2v) is 7.11. The smallest absolute Gasteiger partial charge is 0.0479 e. The zero-order valence-electron chi connectivity index (χ0n) is 9.88. The number of aromatic nitrogens is 1. The third-order valence-corrected chi connectivity index (χ3v) is 4.70. The van der Waals surface area contributed by atoms with Gasteiger partial charge < -0.3 is 4.98 Å². The molecule has 96 valence electrons. The van der Waals surface area contributed by atoms with Crippen molar-refractivity contribution in [3.8, 4) is 0 Å². The van der Waals surface area contributed by atoms with E-state index in [0.717, 1.165) is 25.4 Å². The molecule has 0 bridgehead atoms. The van der Waals surface area contributed by atoms with Crippen LogP contribution < -0.4 is 0 Å². The van der Waals surface area contributed by atoms with Gasteiger partial charge in [-0.2, -0.15) is 0 Å². The van der Waals surface area contributed by atoms with Gasteiger partial charge in [0.05, 0.1) is 0 Å². The molecule has 4 heteroatoms. The van der Waals surface area contributed by atoms with Gasteiger partial charge in [0.25, 0.3) is 0 Å². The van der Waals surface area contributed by atoms with Gasteiger partial charge >= 0.3 is 0 Å². The largest absolute Gasteiger partial charge is 0.361 e. The number of hydrogen-bond acceptors (Lipinski definition) is 0. The Morgan fingerprint density at radius 1 is 0.895 bits per heavy atom. The van der Waals surface area contributed by atoms with Crippen molar-refractivity contribution in [2.24, 2.45) is 0 Å². The zero-order valence-corrected chi connectivity index (χ0v) is 14.6. The molecule has 3 aromatic rings. The molecule has 0 saturated heterocycles. The molecule has 1 nitrogen and oxygen atoms in total. The Hall–Kier alpha value is -0.580. The average molecular weight is 444 g/mol. The van der Waals surface area contributed by atoms with Gasteiger partial charge in [0.1, 0.15) is 0 Å². The number of hydrogen-bond donors (Lipinski definition) is 1. The molecule has 1 aromatic heterocycles. The standard InChI is InChI=1S/C15H10Br3N/c16-11-3-1-9(2-4-11)5-10-8-19-14-7-12(17)6-13(18)15(10)14/h1-4,6-8,19H,5H2. The fraction of sp³-hybridized carbons (Fsp3) is 0.0667. The Balaban J connectivity index is 2.04. The second-order valence-electron chi connectivity index (χ2n) is 4.43. The SMILES string of the molecule is Brc1ccc(Cc2c[nH]c3cc(Br)cc(Br)c23)cc1. The first-order valence-corrected chi connectivity index (χ1v) is 8.21. The van der Waals surface area contributed by atoms with Crippen molar-refractivity contribution in [1.29, 1.82) is 0 Å². The van der Waals surface area contributed by atoms with E-state index in [9.17, 15) is 0 Å². The van der Waals surface area contributed by atoms with E-state index in [0.29, 0.717) is 0 Å². The van der Waals surface area contributed by atoms with Gasteiger partial charge in [0, 0.05) is 30.5 Å². The number of fused-ring (bicyclic) bond motifs is 1. The minimum atomic E-state index is 0.924. The summed E-state index contributed by atoms with van der Waals surface area (Å²) in [5, 5.41) is 1.26. The maximum absolute atomic E-state index is 3.65. The van der Waals surface area contributed by atoms with E-state index < -0.39 is 0 Å². The van der Waals surface area contributed by atoms with Gasteiger partial charge in [-0.1, -0.05) is 59.9 Å². The van der Waals surface area contributed by atoms with Crippen LogP contribution in [0, 0.1) is 0 Å². The summed E-state index contributed by atoms with van der Waals surface area (Å²) in [6, 6.07) is 12.6. The monoisotopic (exact) mass is 441 g/mol. The first-order chi connectivity index (χ1) is 9.13. The van der Waals surface area contributed by atoms with Crippen LogP contribution in [-0.4, -0.2) is 4.98 Å². The summed E-state index contributed by atoms with van der Waals surface area (Å²) >= 11 is 10.6. The first kappa shape index (κ1) is 13.4. The highest BCUT2D eigenvalue weighted by atomic mass is 79.9. The van der Waals surface area contributed by atoms with Gasteiger partial charge in [-0.3, -0.25) is 0 Å². The molecule has 19 heavy (non-hydrogen) atoms. The van der Waals surface area contributed by atoms with Crippen LogP contribution >= 0.6 is 47.8 Å². The average Bonchev–Trinajstić information content (AvgIpc) is 2.75. The zero-order chi connectivity index (χ0) is 13.4. The molecule has 2 aromatic carbocycles. The van der Waals surface area contributed by atoms with Gasteiger partial charge in [-0.05, 0) is 41.8 Å². The Labute approximate surface area is 136 Å². The molecule has 0 fully saturated rings. The van der Waals surface area contributed by atoms with Crippen LogP contribution in [-0.2, 0) is 6.42 Å². The van der Waals surface area contributed by atoms with Crippen molar-refractivity contribution >= 4 is 58.7 Å². The molecule has 0 spiro atoms. The molecule has 1 N–H and O–H groups in total. The minimum absolute atomic E-state index is 0.924. The molecule has 0 amide bonds. The summed E-state index contributed by atoms with van der Waals surface area (Å²) < 4.78 is 3.30. The predicted molar refractivity (Wildman–Crippen MR) is 90.6 cm³/mol. The van der Waals surface area contributed by atoms with Gasteiger partial charge in [0.2, 0.25) is 0 Å². The lowest BCUT2D eigenvalue weighted by molar-refractivity contribution is 1.20. The van der Waals surface area contributed by atoms with E-state index in [1.54, 1.807) is 0 Å². The topological polar surface area (TPSA) is 15.8 Å². The molecule has 0 atom stereocenters. The molecule has 3 rings (SSSR count). The van der Waals surface area contributed by atoms with Crippen LogP contribution in [0.3, 0.4) is 0 Å². The van der Waals surface area contributed by atoms with Crippen molar-refractivity contribution in [2.45, 2.75) is 6.42 Å². The van der Waals surface area contributed by atoms with E-state index in [-0.39, 0.29) is 0 Å². The van der Waals surface area contributed by atoms with E-state index in [4.69, 9.17) is 0 Å². The van der Waals surface area contributed by atoms with Crippen molar-refractivity contribution < 1.29 is 0 Å². The second kappa shape index (κ2) is 5.43. The highest BCUT2D eigenvalue weighted by Gasteiger charge is 2.09. The quantitative estimate of drug-likeness (QED) is 0.496. The van der Waals surface area contributed by atoms with E-state index in [1.807, 2.05) is 0 Å². The lowest BCUT2D eigenvalue weighted by Gasteiger charge is -2.03. The van der Waals surface area contributed by atoms with Crippen LogP contribution in [0.4, 0.5) is 0 Å².